The standard InChI is InChI=1S/C9H11F2N5O/c1-2-17-9-15-6-7(12)13-4-14-8(6)16(9)3-5(10)11/h4-5H,2-3H2,1H3,(H2,12,13,14). The minimum Gasteiger partial charge on any atom is -0.465 e. The van der Waals surface area contributed by atoms with Crippen LogP contribution in [0.2, 0.25) is 0 Å². The molecule has 2 aromatic heterocycles. The maximum Gasteiger partial charge on any atom is 0.298 e. The van der Waals surface area contributed by atoms with Crippen molar-refractivity contribution >= 4 is 17.0 Å². The van der Waals surface area contributed by atoms with E-state index in [0.717, 1.165) is 0 Å². The molecule has 2 aromatic rings. The monoisotopic (exact) mass is 243 g/mol. The van der Waals surface area contributed by atoms with Crippen LogP contribution >= 0.6 is 0 Å². The third-order valence-corrected chi connectivity index (χ3v) is 2.12. The summed E-state index contributed by atoms with van der Waals surface area (Å²) in [7, 11) is 0. The van der Waals surface area contributed by atoms with Gasteiger partial charge in [-0.1, -0.05) is 0 Å². The first kappa shape index (κ1) is 11.5. The van der Waals surface area contributed by atoms with Gasteiger partial charge in [0.05, 0.1) is 13.2 Å². The Morgan fingerprint density at radius 1 is 1.47 bits per heavy atom. The number of hydrogen-bond donors (Lipinski definition) is 1. The molecule has 2 N–H and O–H groups in total. The first-order valence-corrected chi connectivity index (χ1v) is 5.01. The van der Waals surface area contributed by atoms with Crippen molar-refractivity contribution in [1.29, 1.82) is 0 Å². The zero-order valence-electron chi connectivity index (χ0n) is 9.10. The number of nitrogens with zero attached hydrogens (tertiary/aromatic N) is 4. The lowest BCUT2D eigenvalue weighted by Gasteiger charge is -2.06. The van der Waals surface area contributed by atoms with Crippen LogP contribution in [-0.2, 0) is 6.54 Å². The van der Waals surface area contributed by atoms with Crippen LogP contribution < -0.4 is 10.5 Å². The lowest BCUT2D eigenvalue weighted by Crippen LogP contribution is -2.10. The largest absolute Gasteiger partial charge is 0.465 e. The number of imidazole rings is 1. The summed E-state index contributed by atoms with van der Waals surface area (Å²) in [5, 5.41) is 0. The molecule has 0 spiro atoms. The fourth-order valence-electron chi connectivity index (χ4n) is 1.48. The number of nitrogens with two attached hydrogens (primary N) is 1. The van der Waals surface area contributed by atoms with E-state index in [0.29, 0.717) is 6.61 Å². The zero-order valence-corrected chi connectivity index (χ0v) is 9.10. The van der Waals surface area contributed by atoms with Gasteiger partial charge in [-0.25, -0.2) is 18.7 Å². The number of alkyl halides is 2. The first-order chi connectivity index (χ1) is 8.13. The fraction of sp³-hybridized carbons (Fsp3) is 0.444. The van der Waals surface area contributed by atoms with Gasteiger partial charge in [0.2, 0.25) is 0 Å². The second-order valence-corrected chi connectivity index (χ2v) is 3.26. The summed E-state index contributed by atoms with van der Waals surface area (Å²) in [4.78, 5) is 11.7. The van der Waals surface area contributed by atoms with Gasteiger partial charge in [0, 0.05) is 0 Å². The highest BCUT2D eigenvalue weighted by Gasteiger charge is 2.18. The van der Waals surface area contributed by atoms with Crippen LogP contribution in [-0.4, -0.2) is 32.6 Å². The highest BCUT2D eigenvalue weighted by Crippen LogP contribution is 2.23. The quantitative estimate of drug-likeness (QED) is 0.869. The molecule has 0 aliphatic heterocycles. The highest BCUT2D eigenvalue weighted by atomic mass is 19.3. The highest BCUT2D eigenvalue weighted by molar-refractivity contribution is 5.82. The molecular formula is C9H11F2N5O. The van der Waals surface area contributed by atoms with E-state index in [-0.39, 0.29) is 23.0 Å². The molecule has 0 unspecified atom stereocenters. The molecule has 0 saturated carbocycles. The van der Waals surface area contributed by atoms with E-state index < -0.39 is 13.0 Å². The molecule has 0 atom stereocenters. The van der Waals surface area contributed by atoms with Gasteiger partial charge in [-0.2, -0.15) is 4.98 Å². The second-order valence-electron chi connectivity index (χ2n) is 3.26. The van der Waals surface area contributed by atoms with Gasteiger partial charge >= 0.3 is 0 Å². The number of ether oxygens (including phenoxy) is 1. The summed E-state index contributed by atoms with van der Waals surface area (Å²) in [6.07, 6.45) is -1.32. The summed E-state index contributed by atoms with van der Waals surface area (Å²) < 4.78 is 31.3. The molecular weight excluding hydrogens is 232 g/mol. The normalized spacial score (nSPS) is 11.3. The smallest absolute Gasteiger partial charge is 0.298 e. The number of aromatic nitrogens is 4. The zero-order chi connectivity index (χ0) is 12.4. The Labute approximate surface area is 95.4 Å². The van der Waals surface area contributed by atoms with Crippen LogP contribution in [0.25, 0.3) is 11.2 Å². The van der Waals surface area contributed by atoms with E-state index in [1.165, 1.54) is 10.9 Å². The van der Waals surface area contributed by atoms with Gasteiger partial charge in [0.25, 0.3) is 12.4 Å². The molecule has 0 saturated heterocycles. The molecule has 0 amide bonds. The molecule has 0 radical (unpaired) electrons. The summed E-state index contributed by atoms with van der Waals surface area (Å²) >= 11 is 0. The van der Waals surface area contributed by atoms with Crippen molar-refractivity contribution in [2.24, 2.45) is 0 Å². The van der Waals surface area contributed by atoms with E-state index in [1.54, 1.807) is 6.92 Å². The van der Waals surface area contributed by atoms with Crippen molar-refractivity contribution < 1.29 is 13.5 Å². The van der Waals surface area contributed by atoms with E-state index in [9.17, 15) is 8.78 Å². The van der Waals surface area contributed by atoms with E-state index in [2.05, 4.69) is 15.0 Å². The van der Waals surface area contributed by atoms with Gasteiger partial charge in [-0.15, -0.1) is 0 Å². The minimum absolute atomic E-state index is 0.0787. The maximum absolute atomic E-state index is 12.5. The van der Waals surface area contributed by atoms with Crippen molar-refractivity contribution in [1.82, 2.24) is 19.5 Å². The molecule has 2 heterocycles. The topological polar surface area (TPSA) is 78.8 Å². The summed E-state index contributed by atoms with van der Waals surface area (Å²) in [6, 6.07) is 0.0787. The van der Waals surface area contributed by atoms with Crippen LogP contribution in [0.15, 0.2) is 6.33 Å². The molecule has 0 aromatic carbocycles. The predicted octanol–water partition coefficient (Wildman–Crippen LogP) is 1.07. The predicted molar refractivity (Wildman–Crippen MR) is 56.9 cm³/mol. The van der Waals surface area contributed by atoms with Crippen molar-refractivity contribution in [2.75, 3.05) is 12.3 Å². The number of fused-ring (bicyclic) bond motifs is 1. The number of rotatable bonds is 4. The lowest BCUT2D eigenvalue weighted by molar-refractivity contribution is 0.122. The van der Waals surface area contributed by atoms with Crippen LogP contribution in [0, 0.1) is 0 Å². The van der Waals surface area contributed by atoms with E-state index in [4.69, 9.17) is 10.5 Å². The second kappa shape index (κ2) is 4.48. The molecule has 8 heteroatoms. The minimum atomic E-state index is -2.53. The van der Waals surface area contributed by atoms with Gasteiger partial charge in [-0.3, -0.25) is 4.57 Å². The SMILES string of the molecule is CCOc1nc2c(N)ncnc2n1CC(F)F. The molecule has 0 aliphatic rings. The van der Waals surface area contributed by atoms with Crippen LogP contribution in [0.1, 0.15) is 6.92 Å². The average Bonchev–Trinajstić information content (AvgIpc) is 2.59. The van der Waals surface area contributed by atoms with Gasteiger partial charge in [-0.05, 0) is 6.92 Å². The summed E-state index contributed by atoms with van der Waals surface area (Å²) in [5.74, 6) is 0.143. The number of hydrogen-bond acceptors (Lipinski definition) is 5. The Hall–Kier alpha value is -1.99. The molecule has 0 fully saturated rings. The van der Waals surface area contributed by atoms with Crippen molar-refractivity contribution in [3.8, 4) is 6.01 Å². The maximum atomic E-state index is 12.5. The number of anilines is 1. The Kier molecular flexibility index (Phi) is 3.03. The molecule has 0 bridgehead atoms. The van der Waals surface area contributed by atoms with Crippen molar-refractivity contribution in [2.45, 2.75) is 19.9 Å². The van der Waals surface area contributed by atoms with E-state index >= 15 is 0 Å². The fourth-order valence-corrected chi connectivity index (χ4v) is 1.48. The third kappa shape index (κ3) is 2.10. The van der Waals surface area contributed by atoms with Gasteiger partial charge < -0.3 is 10.5 Å². The molecule has 17 heavy (non-hydrogen) atoms. The third-order valence-electron chi connectivity index (χ3n) is 2.12. The molecule has 0 aliphatic carbocycles. The Bertz CT molecular complexity index is 527. The van der Waals surface area contributed by atoms with E-state index in [1.807, 2.05) is 0 Å². The Balaban J connectivity index is 2.58. The number of nitrogen functional groups attached to an aromatic ring is 1. The molecule has 6 nitrogen and oxygen atoms in total. The van der Waals surface area contributed by atoms with Gasteiger partial charge in [0.1, 0.15) is 6.33 Å². The number of halogens is 2. The van der Waals surface area contributed by atoms with Gasteiger partial charge in [0.15, 0.2) is 17.0 Å². The molecule has 92 valence electrons. The Morgan fingerprint density at radius 2 is 2.24 bits per heavy atom. The summed E-state index contributed by atoms with van der Waals surface area (Å²) in [6.45, 7) is 1.52. The first-order valence-electron chi connectivity index (χ1n) is 5.01. The van der Waals surface area contributed by atoms with Crippen molar-refractivity contribution in [3.05, 3.63) is 6.33 Å². The van der Waals surface area contributed by atoms with Crippen LogP contribution in [0.5, 0.6) is 6.01 Å². The van der Waals surface area contributed by atoms with Crippen LogP contribution in [0.3, 0.4) is 0 Å². The molecule has 2 rings (SSSR count). The lowest BCUT2D eigenvalue weighted by atomic mass is 10.5. The van der Waals surface area contributed by atoms with Crippen LogP contribution in [0.4, 0.5) is 14.6 Å². The summed E-state index contributed by atoms with van der Waals surface area (Å²) in [5.41, 5.74) is 6.12. The average molecular weight is 243 g/mol. The Morgan fingerprint density at radius 3 is 2.88 bits per heavy atom. The van der Waals surface area contributed by atoms with Crippen molar-refractivity contribution in [3.63, 3.8) is 0 Å².